The molecule has 0 fully saturated rings. The fourth-order valence-electron chi connectivity index (χ4n) is 1.77. The summed E-state index contributed by atoms with van der Waals surface area (Å²) in [5.74, 6) is 0.0406. The van der Waals surface area contributed by atoms with Crippen molar-refractivity contribution >= 4 is 17.7 Å². The number of nitrogens with one attached hydrogen (secondary N) is 2. The van der Waals surface area contributed by atoms with Crippen LogP contribution in [0.4, 0.5) is 10.5 Å². The number of ether oxygens (including phenoxy) is 2. The summed E-state index contributed by atoms with van der Waals surface area (Å²) in [6, 6.07) is 4.46. The molecule has 0 aliphatic rings. The number of carbonyl (C=O) groups excluding carboxylic acids is 2. The van der Waals surface area contributed by atoms with Crippen molar-refractivity contribution in [3.8, 4) is 5.75 Å². The standard InChI is InChI=1S/C16H24N2O4/c1-5-6-9-17-16(20)18-13-10-12(15(19)21-4)7-8-14(13)22-11(2)3/h7-8,10-11H,5-6,9H2,1-4H3,(H2,17,18,20). The Hall–Kier alpha value is -2.24. The van der Waals surface area contributed by atoms with Crippen LogP contribution in [-0.2, 0) is 4.74 Å². The van der Waals surface area contributed by atoms with Gasteiger partial charge in [-0.25, -0.2) is 9.59 Å². The number of esters is 1. The van der Waals surface area contributed by atoms with E-state index in [1.165, 1.54) is 7.11 Å². The van der Waals surface area contributed by atoms with Crippen molar-refractivity contribution in [3.05, 3.63) is 23.8 Å². The second kappa shape index (κ2) is 8.92. The molecule has 0 aliphatic heterocycles. The molecule has 6 heteroatoms. The van der Waals surface area contributed by atoms with Crippen LogP contribution in [0.2, 0.25) is 0 Å². The number of hydrogen-bond acceptors (Lipinski definition) is 4. The van der Waals surface area contributed by atoms with E-state index in [9.17, 15) is 9.59 Å². The predicted octanol–water partition coefficient (Wildman–Crippen LogP) is 3.18. The lowest BCUT2D eigenvalue weighted by atomic mass is 10.2. The van der Waals surface area contributed by atoms with E-state index in [0.717, 1.165) is 12.8 Å². The average Bonchev–Trinajstić information content (AvgIpc) is 2.48. The van der Waals surface area contributed by atoms with Gasteiger partial charge in [0.2, 0.25) is 0 Å². The zero-order chi connectivity index (χ0) is 16.5. The lowest BCUT2D eigenvalue weighted by molar-refractivity contribution is 0.0600. The zero-order valence-electron chi connectivity index (χ0n) is 13.6. The van der Waals surface area contributed by atoms with E-state index in [1.807, 2.05) is 20.8 Å². The highest BCUT2D eigenvalue weighted by Crippen LogP contribution is 2.27. The van der Waals surface area contributed by atoms with Crippen LogP contribution in [-0.4, -0.2) is 31.8 Å². The van der Waals surface area contributed by atoms with E-state index < -0.39 is 5.97 Å². The van der Waals surface area contributed by atoms with Gasteiger partial charge in [-0.1, -0.05) is 13.3 Å². The van der Waals surface area contributed by atoms with Gasteiger partial charge in [-0.3, -0.25) is 0 Å². The van der Waals surface area contributed by atoms with Gasteiger partial charge in [0.1, 0.15) is 5.75 Å². The Morgan fingerprint density at radius 3 is 2.59 bits per heavy atom. The van der Waals surface area contributed by atoms with E-state index in [0.29, 0.717) is 23.5 Å². The Labute approximate surface area is 131 Å². The van der Waals surface area contributed by atoms with Gasteiger partial charge in [0, 0.05) is 6.54 Å². The number of anilines is 1. The molecule has 0 saturated carbocycles. The van der Waals surface area contributed by atoms with E-state index in [1.54, 1.807) is 18.2 Å². The minimum absolute atomic E-state index is 0.0484. The second-order valence-corrected chi connectivity index (χ2v) is 5.10. The van der Waals surface area contributed by atoms with Gasteiger partial charge in [0.05, 0.1) is 24.5 Å². The highest BCUT2D eigenvalue weighted by Gasteiger charge is 2.13. The average molecular weight is 308 g/mol. The fraction of sp³-hybridized carbons (Fsp3) is 0.500. The van der Waals surface area contributed by atoms with Crippen LogP contribution in [0, 0.1) is 0 Å². The van der Waals surface area contributed by atoms with Gasteiger partial charge in [-0.05, 0) is 38.5 Å². The Morgan fingerprint density at radius 2 is 2.00 bits per heavy atom. The molecule has 1 aromatic rings. The quantitative estimate of drug-likeness (QED) is 0.599. The molecule has 1 aromatic carbocycles. The Kier molecular flexibility index (Phi) is 7.22. The van der Waals surface area contributed by atoms with Crippen molar-refractivity contribution in [2.45, 2.75) is 39.7 Å². The molecule has 0 radical (unpaired) electrons. The summed E-state index contributed by atoms with van der Waals surface area (Å²) >= 11 is 0. The maximum Gasteiger partial charge on any atom is 0.337 e. The van der Waals surface area contributed by atoms with E-state index in [-0.39, 0.29) is 12.1 Å². The first-order valence-corrected chi connectivity index (χ1v) is 7.41. The molecule has 0 spiro atoms. The fourth-order valence-corrected chi connectivity index (χ4v) is 1.77. The molecule has 6 nitrogen and oxygen atoms in total. The third-order valence-electron chi connectivity index (χ3n) is 2.83. The molecule has 0 aliphatic carbocycles. The highest BCUT2D eigenvalue weighted by atomic mass is 16.5. The molecule has 22 heavy (non-hydrogen) atoms. The van der Waals surface area contributed by atoms with Gasteiger partial charge < -0.3 is 20.1 Å². The molecule has 2 N–H and O–H groups in total. The molecule has 0 unspecified atom stereocenters. The number of carbonyl (C=O) groups is 2. The summed E-state index contributed by atoms with van der Waals surface area (Å²) in [5, 5.41) is 5.46. The van der Waals surface area contributed by atoms with E-state index >= 15 is 0 Å². The van der Waals surface area contributed by atoms with Crippen LogP contribution in [0.5, 0.6) is 5.75 Å². The zero-order valence-corrected chi connectivity index (χ0v) is 13.6. The molecule has 0 aromatic heterocycles. The third-order valence-corrected chi connectivity index (χ3v) is 2.83. The Balaban J connectivity index is 2.90. The minimum atomic E-state index is -0.467. The third kappa shape index (κ3) is 5.63. The lowest BCUT2D eigenvalue weighted by Gasteiger charge is -2.16. The first-order chi connectivity index (χ1) is 10.5. The van der Waals surface area contributed by atoms with Crippen LogP contribution in [0.15, 0.2) is 18.2 Å². The van der Waals surface area contributed by atoms with Crippen LogP contribution >= 0.6 is 0 Å². The predicted molar refractivity (Wildman–Crippen MR) is 85.5 cm³/mol. The largest absolute Gasteiger partial charge is 0.489 e. The maximum atomic E-state index is 11.9. The number of unbranched alkanes of at least 4 members (excludes halogenated alkanes) is 1. The van der Waals surface area contributed by atoms with Gasteiger partial charge in [-0.2, -0.15) is 0 Å². The second-order valence-electron chi connectivity index (χ2n) is 5.10. The smallest absolute Gasteiger partial charge is 0.337 e. The lowest BCUT2D eigenvalue weighted by Crippen LogP contribution is -2.29. The minimum Gasteiger partial charge on any atom is -0.489 e. The molecule has 122 valence electrons. The summed E-state index contributed by atoms with van der Waals surface area (Å²) < 4.78 is 10.3. The summed E-state index contributed by atoms with van der Waals surface area (Å²) in [6.45, 7) is 6.42. The molecular formula is C16H24N2O4. The summed E-state index contributed by atoms with van der Waals surface area (Å²) in [6.07, 6.45) is 1.86. The topological polar surface area (TPSA) is 76.7 Å². The summed E-state index contributed by atoms with van der Waals surface area (Å²) in [7, 11) is 1.31. The van der Waals surface area contributed by atoms with E-state index in [2.05, 4.69) is 15.4 Å². The first-order valence-electron chi connectivity index (χ1n) is 7.41. The Bertz CT molecular complexity index is 515. The van der Waals surface area contributed by atoms with Crippen molar-refractivity contribution in [1.29, 1.82) is 0 Å². The molecule has 0 heterocycles. The maximum absolute atomic E-state index is 11.9. The number of benzene rings is 1. The van der Waals surface area contributed by atoms with Gasteiger partial charge in [0.25, 0.3) is 0 Å². The number of hydrogen-bond donors (Lipinski definition) is 2. The SMILES string of the molecule is CCCCNC(=O)Nc1cc(C(=O)OC)ccc1OC(C)C. The van der Waals surface area contributed by atoms with Crippen LogP contribution in [0.3, 0.4) is 0 Å². The number of urea groups is 1. The van der Waals surface area contributed by atoms with Gasteiger partial charge in [0.15, 0.2) is 0 Å². The van der Waals surface area contributed by atoms with Crippen molar-refractivity contribution in [1.82, 2.24) is 5.32 Å². The molecule has 1 rings (SSSR count). The Morgan fingerprint density at radius 1 is 1.27 bits per heavy atom. The van der Waals surface area contributed by atoms with Crippen LogP contribution in [0.25, 0.3) is 0 Å². The van der Waals surface area contributed by atoms with Crippen molar-refractivity contribution in [2.24, 2.45) is 0 Å². The number of amides is 2. The first kappa shape index (κ1) is 17.8. The molecule has 0 atom stereocenters. The molecule has 2 amide bonds. The molecular weight excluding hydrogens is 284 g/mol. The van der Waals surface area contributed by atoms with Crippen molar-refractivity contribution in [2.75, 3.05) is 19.0 Å². The normalized spacial score (nSPS) is 10.2. The van der Waals surface area contributed by atoms with Crippen molar-refractivity contribution < 1.29 is 19.1 Å². The van der Waals surface area contributed by atoms with Gasteiger partial charge >= 0.3 is 12.0 Å². The number of methoxy groups -OCH3 is 1. The van der Waals surface area contributed by atoms with Crippen LogP contribution in [0.1, 0.15) is 44.0 Å². The summed E-state index contributed by atoms with van der Waals surface area (Å²) in [4.78, 5) is 23.5. The summed E-state index contributed by atoms with van der Waals surface area (Å²) in [5.41, 5.74) is 0.785. The van der Waals surface area contributed by atoms with Gasteiger partial charge in [-0.15, -0.1) is 0 Å². The van der Waals surface area contributed by atoms with Crippen molar-refractivity contribution in [3.63, 3.8) is 0 Å². The molecule has 0 bridgehead atoms. The van der Waals surface area contributed by atoms with Crippen LogP contribution < -0.4 is 15.4 Å². The monoisotopic (exact) mass is 308 g/mol. The number of rotatable bonds is 7. The van der Waals surface area contributed by atoms with E-state index in [4.69, 9.17) is 4.74 Å². The highest BCUT2D eigenvalue weighted by molar-refractivity contribution is 5.95. The molecule has 0 saturated heterocycles.